The highest BCUT2D eigenvalue weighted by Gasteiger charge is 2.23. The molecule has 20 heavy (non-hydrogen) atoms. The van der Waals surface area contributed by atoms with Gasteiger partial charge in [0.05, 0.1) is 7.11 Å². The van der Waals surface area contributed by atoms with E-state index in [4.69, 9.17) is 9.84 Å². The molecule has 2 rings (SSSR count). The molecule has 1 N–H and O–H groups in total. The molecule has 1 heterocycles. The van der Waals surface area contributed by atoms with Crippen LogP contribution in [0.25, 0.3) is 0 Å². The van der Waals surface area contributed by atoms with Gasteiger partial charge >= 0.3 is 6.09 Å². The summed E-state index contributed by atoms with van der Waals surface area (Å²) >= 11 is 0. The van der Waals surface area contributed by atoms with Crippen LogP contribution in [0.1, 0.15) is 12.0 Å². The number of amides is 2. The zero-order chi connectivity index (χ0) is 14.5. The summed E-state index contributed by atoms with van der Waals surface area (Å²) < 4.78 is 5.09. The summed E-state index contributed by atoms with van der Waals surface area (Å²) in [5.74, 6) is 0.762. The molecule has 0 aliphatic carbocycles. The zero-order valence-electron chi connectivity index (χ0n) is 11.4. The van der Waals surface area contributed by atoms with E-state index in [1.165, 1.54) is 4.90 Å². The zero-order valence-corrected chi connectivity index (χ0v) is 11.4. The first kappa shape index (κ1) is 14.2. The second-order valence-corrected chi connectivity index (χ2v) is 4.68. The number of nitrogens with zero attached hydrogens (tertiary/aromatic N) is 2. The van der Waals surface area contributed by atoms with Gasteiger partial charge < -0.3 is 19.6 Å². The summed E-state index contributed by atoms with van der Waals surface area (Å²) in [5, 5.41) is 8.97. The van der Waals surface area contributed by atoms with Crippen LogP contribution in [-0.4, -0.2) is 53.7 Å². The average molecular weight is 278 g/mol. The minimum Gasteiger partial charge on any atom is -0.497 e. The van der Waals surface area contributed by atoms with E-state index in [-0.39, 0.29) is 18.9 Å². The lowest BCUT2D eigenvalue weighted by molar-refractivity contribution is -0.130. The highest BCUT2D eigenvalue weighted by atomic mass is 16.5. The van der Waals surface area contributed by atoms with Crippen LogP contribution in [0, 0.1) is 0 Å². The van der Waals surface area contributed by atoms with E-state index in [0.717, 1.165) is 11.3 Å². The number of methoxy groups -OCH3 is 1. The Morgan fingerprint density at radius 3 is 2.55 bits per heavy atom. The molecule has 0 aromatic heterocycles. The number of hydrogen-bond donors (Lipinski definition) is 1. The SMILES string of the molecule is COc1ccc(CN2CCN(C(=O)O)CCC2=O)cc1. The lowest BCUT2D eigenvalue weighted by Crippen LogP contribution is -2.34. The van der Waals surface area contributed by atoms with Crippen molar-refractivity contribution in [3.8, 4) is 5.75 Å². The predicted octanol–water partition coefficient (Wildman–Crippen LogP) is 1.41. The quantitative estimate of drug-likeness (QED) is 0.907. The van der Waals surface area contributed by atoms with Crippen LogP contribution in [0.15, 0.2) is 24.3 Å². The fraction of sp³-hybridized carbons (Fsp3) is 0.429. The van der Waals surface area contributed by atoms with Crippen molar-refractivity contribution in [2.24, 2.45) is 0 Å². The summed E-state index contributed by atoms with van der Waals surface area (Å²) in [4.78, 5) is 25.9. The van der Waals surface area contributed by atoms with Crippen LogP contribution >= 0.6 is 0 Å². The first-order chi connectivity index (χ1) is 9.60. The van der Waals surface area contributed by atoms with E-state index in [9.17, 15) is 9.59 Å². The molecule has 0 saturated carbocycles. The van der Waals surface area contributed by atoms with Crippen LogP contribution in [0.5, 0.6) is 5.75 Å². The predicted molar refractivity (Wildman–Crippen MR) is 72.6 cm³/mol. The molecule has 0 unspecified atom stereocenters. The smallest absolute Gasteiger partial charge is 0.407 e. The number of rotatable bonds is 3. The lowest BCUT2D eigenvalue weighted by atomic mass is 10.2. The first-order valence-electron chi connectivity index (χ1n) is 6.48. The summed E-state index contributed by atoms with van der Waals surface area (Å²) in [6.07, 6.45) is -0.730. The Kier molecular flexibility index (Phi) is 4.45. The molecule has 0 atom stereocenters. The topological polar surface area (TPSA) is 70.1 Å². The summed E-state index contributed by atoms with van der Waals surface area (Å²) in [5.41, 5.74) is 1.00. The Hall–Kier alpha value is -2.24. The minimum absolute atomic E-state index is 0.00966. The average Bonchev–Trinajstić information content (AvgIpc) is 2.63. The standard InChI is InChI=1S/C14H18N2O4/c1-20-12-4-2-11(3-5-12)10-16-9-8-15(14(18)19)7-6-13(16)17/h2-5H,6-10H2,1H3,(H,18,19). The van der Waals surface area contributed by atoms with Crippen molar-refractivity contribution in [1.82, 2.24) is 9.80 Å². The highest BCUT2D eigenvalue weighted by molar-refractivity contribution is 5.77. The summed E-state index contributed by atoms with van der Waals surface area (Å²) in [7, 11) is 1.60. The Morgan fingerprint density at radius 1 is 1.25 bits per heavy atom. The molecule has 0 spiro atoms. The molecule has 0 radical (unpaired) electrons. The van der Waals surface area contributed by atoms with Gasteiger partial charge in [-0.15, -0.1) is 0 Å². The monoisotopic (exact) mass is 278 g/mol. The molecule has 108 valence electrons. The Labute approximate surface area is 117 Å². The molecule has 1 aliphatic rings. The van der Waals surface area contributed by atoms with Crippen LogP contribution in [0.2, 0.25) is 0 Å². The third-order valence-electron chi connectivity index (χ3n) is 3.39. The van der Waals surface area contributed by atoms with E-state index in [0.29, 0.717) is 19.6 Å². The maximum absolute atomic E-state index is 12.0. The molecular weight excluding hydrogens is 260 g/mol. The van der Waals surface area contributed by atoms with Gasteiger partial charge in [-0.25, -0.2) is 4.79 Å². The van der Waals surface area contributed by atoms with Gasteiger partial charge in [0, 0.05) is 32.6 Å². The normalized spacial score (nSPS) is 15.9. The molecule has 2 amide bonds. The van der Waals surface area contributed by atoms with Crippen molar-refractivity contribution in [2.75, 3.05) is 26.7 Å². The Bertz CT molecular complexity index is 486. The van der Waals surface area contributed by atoms with E-state index in [1.807, 2.05) is 24.3 Å². The van der Waals surface area contributed by atoms with E-state index < -0.39 is 6.09 Å². The molecule has 6 heteroatoms. The van der Waals surface area contributed by atoms with Gasteiger partial charge in [0.25, 0.3) is 0 Å². The van der Waals surface area contributed by atoms with Crippen molar-refractivity contribution >= 4 is 12.0 Å². The van der Waals surface area contributed by atoms with Gasteiger partial charge in [-0.2, -0.15) is 0 Å². The molecule has 1 aromatic rings. The molecular formula is C14H18N2O4. The highest BCUT2D eigenvalue weighted by Crippen LogP contribution is 2.14. The van der Waals surface area contributed by atoms with Gasteiger partial charge in [-0.1, -0.05) is 12.1 Å². The van der Waals surface area contributed by atoms with Crippen LogP contribution in [0.3, 0.4) is 0 Å². The van der Waals surface area contributed by atoms with Gasteiger partial charge in [-0.05, 0) is 17.7 Å². The molecule has 1 aromatic carbocycles. The molecule has 1 saturated heterocycles. The third kappa shape index (κ3) is 3.40. The Balaban J connectivity index is 2.00. The molecule has 6 nitrogen and oxygen atoms in total. The first-order valence-corrected chi connectivity index (χ1v) is 6.48. The van der Waals surface area contributed by atoms with Gasteiger partial charge in [0.2, 0.25) is 5.91 Å². The molecule has 1 aliphatic heterocycles. The van der Waals surface area contributed by atoms with Crippen molar-refractivity contribution in [3.63, 3.8) is 0 Å². The number of carbonyl (C=O) groups is 2. The van der Waals surface area contributed by atoms with Crippen molar-refractivity contribution in [2.45, 2.75) is 13.0 Å². The number of hydrogen-bond acceptors (Lipinski definition) is 3. The number of carbonyl (C=O) groups excluding carboxylic acids is 1. The second kappa shape index (κ2) is 6.27. The maximum Gasteiger partial charge on any atom is 0.407 e. The van der Waals surface area contributed by atoms with Crippen LogP contribution in [-0.2, 0) is 11.3 Å². The fourth-order valence-corrected chi connectivity index (χ4v) is 2.18. The van der Waals surface area contributed by atoms with E-state index in [2.05, 4.69) is 0 Å². The fourth-order valence-electron chi connectivity index (χ4n) is 2.18. The molecule has 1 fully saturated rings. The molecule has 0 bridgehead atoms. The van der Waals surface area contributed by atoms with Crippen LogP contribution in [0.4, 0.5) is 4.79 Å². The Morgan fingerprint density at radius 2 is 1.95 bits per heavy atom. The van der Waals surface area contributed by atoms with Crippen molar-refractivity contribution in [3.05, 3.63) is 29.8 Å². The van der Waals surface area contributed by atoms with Crippen molar-refractivity contribution in [1.29, 1.82) is 0 Å². The lowest BCUT2D eigenvalue weighted by Gasteiger charge is -2.21. The van der Waals surface area contributed by atoms with Crippen molar-refractivity contribution < 1.29 is 19.4 Å². The number of carboxylic acid groups (broad SMARTS) is 1. The van der Waals surface area contributed by atoms with Crippen LogP contribution < -0.4 is 4.74 Å². The van der Waals surface area contributed by atoms with Gasteiger partial charge in [-0.3, -0.25) is 4.79 Å². The largest absolute Gasteiger partial charge is 0.497 e. The maximum atomic E-state index is 12.0. The van der Waals surface area contributed by atoms with Gasteiger partial charge in [0.1, 0.15) is 5.75 Å². The van der Waals surface area contributed by atoms with Gasteiger partial charge in [0.15, 0.2) is 0 Å². The minimum atomic E-state index is -0.968. The second-order valence-electron chi connectivity index (χ2n) is 4.68. The third-order valence-corrected chi connectivity index (χ3v) is 3.39. The summed E-state index contributed by atoms with van der Waals surface area (Å²) in [6, 6.07) is 7.51. The number of benzene rings is 1. The summed E-state index contributed by atoms with van der Waals surface area (Å²) in [6.45, 7) is 1.55. The number of ether oxygens (including phenoxy) is 1. The van der Waals surface area contributed by atoms with E-state index in [1.54, 1.807) is 12.0 Å². The van der Waals surface area contributed by atoms with E-state index >= 15 is 0 Å².